The molecule has 0 fully saturated rings. The molecule has 3 aromatic carbocycles. The summed E-state index contributed by atoms with van der Waals surface area (Å²) in [6.45, 7) is 1.99. The van der Waals surface area contributed by atoms with E-state index in [1.165, 1.54) is 24.1 Å². The van der Waals surface area contributed by atoms with Crippen LogP contribution >= 0.6 is 11.8 Å². The van der Waals surface area contributed by atoms with Crippen molar-refractivity contribution in [1.29, 1.82) is 0 Å². The van der Waals surface area contributed by atoms with Crippen LogP contribution in [0.5, 0.6) is 0 Å². The SMILES string of the molecule is Cc1ccc(NC(=O)CSc2cccc(NC(=O)/C(=C/c3ccco3)NC(=O)c3ccccc3)c2)cc1. The van der Waals surface area contributed by atoms with Crippen LogP contribution in [0.4, 0.5) is 11.4 Å². The average molecular weight is 512 g/mol. The predicted molar refractivity (Wildman–Crippen MR) is 146 cm³/mol. The fourth-order valence-corrected chi connectivity index (χ4v) is 4.06. The Morgan fingerprint density at radius 1 is 0.838 bits per heavy atom. The van der Waals surface area contributed by atoms with Crippen molar-refractivity contribution < 1.29 is 18.8 Å². The molecule has 0 unspecified atom stereocenters. The maximum Gasteiger partial charge on any atom is 0.272 e. The molecule has 0 bridgehead atoms. The molecule has 0 spiro atoms. The summed E-state index contributed by atoms with van der Waals surface area (Å²) in [5.74, 6) is -0.433. The van der Waals surface area contributed by atoms with E-state index < -0.39 is 11.8 Å². The zero-order valence-electron chi connectivity index (χ0n) is 20.1. The lowest BCUT2D eigenvalue weighted by atomic mass is 10.2. The Hall–Kier alpha value is -4.56. The maximum absolute atomic E-state index is 13.1. The van der Waals surface area contributed by atoms with Crippen LogP contribution in [-0.4, -0.2) is 23.5 Å². The average Bonchev–Trinajstić information content (AvgIpc) is 3.42. The van der Waals surface area contributed by atoms with Gasteiger partial charge in [0.15, 0.2) is 0 Å². The van der Waals surface area contributed by atoms with E-state index >= 15 is 0 Å². The maximum atomic E-state index is 13.1. The number of thioether (sulfide) groups is 1. The molecule has 3 amide bonds. The number of carbonyl (C=O) groups excluding carboxylic acids is 3. The molecule has 1 aromatic heterocycles. The minimum absolute atomic E-state index is 0.0272. The normalized spacial score (nSPS) is 11.0. The van der Waals surface area contributed by atoms with Gasteiger partial charge >= 0.3 is 0 Å². The van der Waals surface area contributed by atoms with Gasteiger partial charge in [-0.2, -0.15) is 0 Å². The monoisotopic (exact) mass is 511 g/mol. The van der Waals surface area contributed by atoms with Crippen molar-refractivity contribution in [2.24, 2.45) is 0 Å². The summed E-state index contributed by atoms with van der Waals surface area (Å²) in [5.41, 5.74) is 2.83. The third kappa shape index (κ3) is 7.71. The second-order valence-corrected chi connectivity index (χ2v) is 9.13. The molecule has 0 aliphatic carbocycles. The van der Waals surface area contributed by atoms with Crippen molar-refractivity contribution in [3.63, 3.8) is 0 Å². The minimum atomic E-state index is -0.514. The second kappa shape index (κ2) is 12.4. The molecule has 0 radical (unpaired) electrons. The number of hydrogen-bond donors (Lipinski definition) is 3. The Morgan fingerprint density at radius 2 is 1.62 bits per heavy atom. The van der Waals surface area contributed by atoms with E-state index in [4.69, 9.17) is 4.42 Å². The number of furan rings is 1. The predicted octanol–water partition coefficient (Wildman–Crippen LogP) is 5.73. The number of carbonyl (C=O) groups is 3. The molecule has 37 heavy (non-hydrogen) atoms. The number of anilines is 2. The highest BCUT2D eigenvalue weighted by molar-refractivity contribution is 8.00. The van der Waals surface area contributed by atoms with Gasteiger partial charge in [0, 0.05) is 27.9 Å². The lowest BCUT2D eigenvalue weighted by Crippen LogP contribution is -2.30. The molecule has 0 aliphatic rings. The Morgan fingerprint density at radius 3 is 2.35 bits per heavy atom. The molecule has 0 saturated heterocycles. The third-order valence-corrected chi connectivity index (χ3v) is 6.15. The molecule has 0 saturated carbocycles. The standard InChI is InChI=1S/C29H25N3O4S/c1-20-12-14-22(15-13-20)30-27(33)19-37-25-11-5-9-23(17-25)31-29(35)26(18-24-10-6-16-36-24)32-28(34)21-7-3-2-4-8-21/h2-18H,19H2,1H3,(H,30,33)(H,31,35)(H,32,34)/b26-18-. The smallest absolute Gasteiger partial charge is 0.272 e. The molecule has 7 nitrogen and oxygen atoms in total. The van der Waals surface area contributed by atoms with Crippen LogP contribution in [0, 0.1) is 6.92 Å². The van der Waals surface area contributed by atoms with Crippen LogP contribution in [0.15, 0.2) is 112 Å². The quantitative estimate of drug-likeness (QED) is 0.197. The van der Waals surface area contributed by atoms with E-state index in [0.717, 1.165) is 16.1 Å². The van der Waals surface area contributed by atoms with Crippen LogP contribution < -0.4 is 16.0 Å². The van der Waals surface area contributed by atoms with Gasteiger partial charge in [-0.1, -0.05) is 42.0 Å². The zero-order chi connectivity index (χ0) is 26.0. The van der Waals surface area contributed by atoms with Crippen molar-refractivity contribution in [3.8, 4) is 0 Å². The highest BCUT2D eigenvalue weighted by atomic mass is 32.2. The summed E-state index contributed by atoms with van der Waals surface area (Å²) >= 11 is 1.35. The van der Waals surface area contributed by atoms with Crippen molar-refractivity contribution in [2.45, 2.75) is 11.8 Å². The Labute approximate surface area is 219 Å². The molecule has 3 N–H and O–H groups in total. The summed E-state index contributed by atoms with van der Waals surface area (Å²) in [5, 5.41) is 8.34. The summed E-state index contributed by atoms with van der Waals surface area (Å²) in [7, 11) is 0. The Balaban J connectivity index is 1.40. The van der Waals surface area contributed by atoms with Gasteiger partial charge in [-0.15, -0.1) is 11.8 Å². The van der Waals surface area contributed by atoms with Gasteiger partial charge in [-0.25, -0.2) is 0 Å². The molecule has 4 aromatic rings. The van der Waals surface area contributed by atoms with Crippen molar-refractivity contribution in [1.82, 2.24) is 5.32 Å². The fourth-order valence-electron chi connectivity index (χ4n) is 3.30. The first-order valence-corrected chi connectivity index (χ1v) is 12.5. The lowest BCUT2D eigenvalue weighted by Gasteiger charge is -2.12. The molecule has 0 atom stereocenters. The van der Waals surface area contributed by atoms with E-state index in [1.54, 1.807) is 60.7 Å². The van der Waals surface area contributed by atoms with Crippen molar-refractivity contribution in [3.05, 3.63) is 120 Å². The van der Waals surface area contributed by atoms with E-state index in [0.29, 0.717) is 17.0 Å². The lowest BCUT2D eigenvalue weighted by molar-refractivity contribution is -0.114. The van der Waals surface area contributed by atoms with E-state index in [1.807, 2.05) is 37.3 Å². The van der Waals surface area contributed by atoms with E-state index in [2.05, 4.69) is 16.0 Å². The van der Waals surface area contributed by atoms with Crippen LogP contribution in [0.2, 0.25) is 0 Å². The number of nitrogens with one attached hydrogen (secondary N) is 3. The van der Waals surface area contributed by atoms with Gasteiger partial charge in [-0.3, -0.25) is 14.4 Å². The molecular weight excluding hydrogens is 486 g/mol. The first-order valence-electron chi connectivity index (χ1n) is 11.5. The first-order chi connectivity index (χ1) is 18.0. The second-order valence-electron chi connectivity index (χ2n) is 8.08. The van der Waals surface area contributed by atoms with Gasteiger partial charge in [0.05, 0.1) is 12.0 Å². The minimum Gasteiger partial charge on any atom is -0.465 e. The van der Waals surface area contributed by atoms with Gasteiger partial charge in [0.1, 0.15) is 11.5 Å². The number of amides is 3. The van der Waals surface area contributed by atoms with E-state index in [9.17, 15) is 14.4 Å². The molecule has 8 heteroatoms. The summed E-state index contributed by atoms with van der Waals surface area (Å²) in [4.78, 5) is 38.9. The topological polar surface area (TPSA) is 100 Å². The third-order valence-electron chi connectivity index (χ3n) is 5.16. The van der Waals surface area contributed by atoms with Crippen LogP contribution in [-0.2, 0) is 9.59 Å². The number of aryl methyl sites for hydroxylation is 1. The van der Waals surface area contributed by atoms with Crippen LogP contribution in [0.1, 0.15) is 21.7 Å². The van der Waals surface area contributed by atoms with Gasteiger partial charge in [-0.05, 0) is 61.5 Å². The molecule has 1 heterocycles. The van der Waals surface area contributed by atoms with Crippen molar-refractivity contribution >= 4 is 46.9 Å². The highest BCUT2D eigenvalue weighted by Gasteiger charge is 2.16. The van der Waals surface area contributed by atoms with Crippen molar-refractivity contribution in [2.75, 3.05) is 16.4 Å². The number of rotatable bonds is 9. The zero-order valence-corrected chi connectivity index (χ0v) is 20.9. The van der Waals surface area contributed by atoms with E-state index in [-0.39, 0.29) is 17.4 Å². The number of benzene rings is 3. The van der Waals surface area contributed by atoms with Gasteiger partial charge in [0.2, 0.25) is 5.91 Å². The van der Waals surface area contributed by atoms with Crippen LogP contribution in [0.3, 0.4) is 0 Å². The largest absolute Gasteiger partial charge is 0.465 e. The molecule has 186 valence electrons. The Bertz CT molecular complexity index is 1400. The van der Waals surface area contributed by atoms with Gasteiger partial charge < -0.3 is 20.4 Å². The fraction of sp³-hybridized carbons (Fsp3) is 0.0690. The number of hydrogen-bond acceptors (Lipinski definition) is 5. The van der Waals surface area contributed by atoms with Crippen LogP contribution in [0.25, 0.3) is 6.08 Å². The van der Waals surface area contributed by atoms with Gasteiger partial charge in [0.25, 0.3) is 11.8 Å². The molecule has 4 rings (SSSR count). The first kappa shape index (κ1) is 25.5. The molecule has 0 aliphatic heterocycles. The Kier molecular flexibility index (Phi) is 8.57. The highest BCUT2D eigenvalue weighted by Crippen LogP contribution is 2.22. The summed E-state index contributed by atoms with van der Waals surface area (Å²) in [6, 6.07) is 26.7. The summed E-state index contributed by atoms with van der Waals surface area (Å²) in [6.07, 6.45) is 2.94. The molecular formula is C29H25N3O4S. The summed E-state index contributed by atoms with van der Waals surface area (Å²) < 4.78 is 5.32.